The van der Waals surface area contributed by atoms with Crippen molar-refractivity contribution >= 4 is 5.97 Å². The maximum atomic E-state index is 11.0. The van der Waals surface area contributed by atoms with Crippen molar-refractivity contribution in [2.24, 2.45) is 0 Å². The Kier molecular flexibility index (Phi) is 2.28. The van der Waals surface area contributed by atoms with Gasteiger partial charge in [0.05, 0.1) is 6.42 Å². The maximum Gasteiger partial charge on any atom is 0.315 e. The molecule has 0 aromatic heterocycles. The van der Waals surface area contributed by atoms with Crippen LogP contribution in [0.5, 0.6) is 5.75 Å². The second-order valence-electron chi connectivity index (χ2n) is 3.83. The number of hydrogen-bond donors (Lipinski definition) is 0. The second kappa shape index (κ2) is 3.45. The fourth-order valence-electron chi connectivity index (χ4n) is 1.69. The number of benzene rings is 1. The molecule has 1 aromatic rings. The van der Waals surface area contributed by atoms with Crippen molar-refractivity contribution < 1.29 is 9.53 Å². The first kappa shape index (κ1) is 9.25. The van der Waals surface area contributed by atoms with E-state index in [1.165, 1.54) is 5.56 Å². The average Bonchev–Trinajstić information content (AvgIpc) is 2.55. The summed E-state index contributed by atoms with van der Waals surface area (Å²) in [4.78, 5) is 11.0. The highest BCUT2D eigenvalue weighted by molar-refractivity contribution is 5.81. The molecule has 1 aromatic carbocycles. The summed E-state index contributed by atoms with van der Waals surface area (Å²) in [6, 6.07) is 6.04. The molecule has 0 spiro atoms. The Bertz CT molecular complexity index is 369. The summed E-state index contributed by atoms with van der Waals surface area (Å²) in [5.74, 6) is 1.15. The lowest BCUT2D eigenvalue weighted by atomic mass is 9.96. The van der Waals surface area contributed by atoms with Gasteiger partial charge >= 0.3 is 5.97 Å². The van der Waals surface area contributed by atoms with E-state index in [4.69, 9.17) is 4.74 Å². The summed E-state index contributed by atoms with van der Waals surface area (Å²) in [7, 11) is 0. The Morgan fingerprint density at radius 2 is 2.29 bits per heavy atom. The van der Waals surface area contributed by atoms with Crippen molar-refractivity contribution in [1.29, 1.82) is 0 Å². The molecule has 1 aliphatic heterocycles. The minimum atomic E-state index is -0.138. The van der Waals surface area contributed by atoms with Crippen molar-refractivity contribution in [1.82, 2.24) is 0 Å². The van der Waals surface area contributed by atoms with Crippen LogP contribution in [-0.4, -0.2) is 5.97 Å². The molecule has 0 fully saturated rings. The molecule has 1 aliphatic rings. The molecule has 0 N–H and O–H groups in total. The van der Waals surface area contributed by atoms with Crippen LogP contribution in [0.2, 0.25) is 0 Å². The Hall–Kier alpha value is -1.31. The van der Waals surface area contributed by atoms with Gasteiger partial charge in [0, 0.05) is 5.56 Å². The molecule has 74 valence electrons. The second-order valence-corrected chi connectivity index (χ2v) is 3.83. The number of carbonyl (C=O) groups is 1. The topological polar surface area (TPSA) is 26.3 Å². The predicted octanol–water partition coefficient (Wildman–Crippen LogP) is 2.66. The molecule has 1 unspecified atom stereocenters. The van der Waals surface area contributed by atoms with Crippen molar-refractivity contribution in [2.45, 2.75) is 32.6 Å². The van der Waals surface area contributed by atoms with Crippen LogP contribution in [0.3, 0.4) is 0 Å². The molecule has 2 heteroatoms. The third kappa shape index (κ3) is 1.52. The SMILES string of the molecule is CCC(C)c1ccc2c(c1)CC(=O)O2. The summed E-state index contributed by atoms with van der Waals surface area (Å²) >= 11 is 0. The van der Waals surface area contributed by atoms with Crippen LogP contribution in [0, 0.1) is 0 Å². The van der Waals surface area contributed by atoms with E-state index in [1.807, 2.05) is 12.1 Å². The first-order valence-electron chi connectivity index (χ1n) is 5.04. The van der Waals surface area contributed by atoms with Gasteiger partial charge in [-0.1, -0.05) is 26.0 Å². The molecule has 2 nitrogen and oxygen atoms in total. The minimum absolute atomic E-state index is 0.138. The number of fused-ring (bicyclic) bond motifs is 1. The van der Waals surface area contributed by atoms with Gasteiger partial charge in [0.15, 0.2) is 0 Å². The van der Waals surface area contributed by atoms with Gasteiger partial charge in [-0.3, -0.25) is 4.79 Å². The highest BCUT2D eigenvalue weighted by atomic mass is 16.5. The minimum Gasteiger partial charge on any atom is -0.426 e. The highest BCUT2D eigenvalue weighted by Crippen LogP contribution is 2.30. The van der Waals surface area contributed by atoms with E-state index in [2.05, 4.69) is 19.9 Å². The zero-order valence-corrected chi connectivity index (χ0v) is 8.54. The molecule has 1 heterocycles. The van der Waals surface area contributed by atoms with Gasteiger partial charge < -0.3 is 4.74 Å². The van der Waals surface area contributed by atoms with E-state index in [1.54, 1.807) is 0 Å². The number of esters is 1. The number of ether oxygens (including phenoxy) is 1. The van der Waals surface area contributed by atoms with Gasteiger partial charge in [0.2, 0.25) is 0 Å². The summed E-state index contributed by atoms with van der Waals surface area (Å²) in [6.07, 6.45) is 1.55. The average molecular weight is 190 g/mol. The van der Waals surface area contributed by atoms with Crippen LogP contribution < -0.4 is 4.74 Å². The van der Waals surface area contributed by atoms with Crippen molar-refractivity contribution in [3.05, 3.63) is 29.3 Å². The Morgan fingerprint density at radius 1 is 1.50 bits per heavy atom. The smallest absolute Gasteiger partial charge is 0.315 e. The van der Waals surface area contributed by atoms with Crippen molar-refractivity contribution in [3.8, 4) is 5.75 Å². The first-order valence-corrected chi connectivity index (χ1v) is 5.04. The summed E-state index contributed by atoms with van der Waals surface area (Å²) in [5.41, 5.74) is 2.33. The van der Waals surface area contributed by atoms with E-state index in [0.29, 0.717) is 12.3 Å². The zero-order valence-electron chi connectivity index (χ0n) is 8.54. The monoisotopic (exact) mass is 190 g/mol. The Morgan fingerprint density at radius 3 is 3.00 bits per heavy atom. The van der Waals surface area contributed by atoms with Crippen molar-refractivity contribution in [2.75, 3.05) is 0 Å². The van der Waals surface area contributed by atoms with E-state index >= 15 is 0 Å². The van der Waals surface area contributed by atoms with Gasteiger partial charge in [-0.05, 0) is 24.0 Å². The molecule has 0 amide bonds. The summed E-state index contributed by atoms with van der Waals surface area (Å²) < 4.78 is 5.04. The predicted molar refractivity (Wildman–Crippen MR) is 54.5 cm³/mol. The van der Waals surface area contributed by atoms with Crippen LogP contribution in [0.4, 0.5) is 0 Å². The third-order valence-corrected chi connectivity index (χ3v) is 2.82. The van der Waals surface area contributed by atoms with Crippen LogP contribution in [0.25, 0.3) is 0 Å². The molecular formula is C12H14O2. The normalized spacial score (nSPS) is 16.3. The van der Waals surface area contributed by atoms with Gasteiger partial charge in [-0.25, -0.2) is 0 Å². The largest absolute Gasteiger partial charge is 0.426 e. The summed E-state index contributed by atoms with van der Waals surface area (Å²) in [5, 5.41) is 0. The van der Waals surface area contributed by atoms with Crippen LogP contribution in [0.1, 0.15) is 37.3 Å². The fraction of sp³-hybridized carbons (Fsp3) is 0.417. The lowest BCUT2D eigenvalue weighted by Gasteiger charge is -2.09. The Labute approximate surface area is 83.9 Å². The quantitative estimate of drug-likeness (QED) is 0.529. The molecule has 2 rings (SSSR count). The molecular weight excluding hydrogens is 176 g/mol. The fourth-order valence-corrected chi connectivity index (χ4v) is 1.69. The molecule has 0 aliphatic carbocycles. The molecule has 0 saturated carbocycles. The highest BCUT2D eigenvalue weighted by Gasteiger charge is 2.20. The summed E-state index contributed by atoms with van der Waals surface area (Å²) in [6.45, 7) is 4.36. The third-order valence-electron chi connectivity index (χ3n) is 2.82. The standard InChI is InChI=1S/C12H14O2/c1-3-8(2)9-4-5-11-10(6-9)7-12(13)14-11/h4-6,8H,3,7H2,1-2H3. The van der Waals surface area contributed by atoms with E-state index in [-0.39, 0.29) is 5.97 Å². The number of hydrogen-bond acceptors (Lipinski definition) is 2. The van der Waals surface area contributed by atoms with Gasteiger partial charge in [-0.15, -0.1) is 0 Å². The molecule has 0 saturated heterocycles. The molecule has 0 bridgehead atoms. The van der Waals surface area contributed by atoms with Crippen LogP contribution in [-0.2, 0) is 11.2 Å². The molecule has 14 heavy (non-hydrogen) atoms. The molecule has 1 atom stereocenters. The zero-order chi connectivity index (χ0) is 10.1. The van der Waals surface area contributed by atoms with E-state index < -0.39 is 0 Å². The Balaban J connectivity index is 2.32. The van der Waals surface area contributed by atoms with E-state index in [0.717, 1.165) is 17.7 Å². The van der Waals surface area contributed by atoms with Crippen LogP contribution in [0.15, 0.2) is 18.2 Å². The van der Waals surface area contributed by atoms with Crippen molar-refractivity contribution in [3.63, 3.8) is 0 Å². The van der Waals surface area contributed by atoms with Gasteiger partial charge in [-0.2, -0.15) is 0 Å². The number of carbonyl (C=O) groups excluding carboxylic acids is 1. The van der Waals surface area contributed by atoms with E-state index in [9.17, 15) is 4.79 Å². The van der Waals surface area contributed by atoms with Crippen LogP contribution >= 0.6 is 0 Å². The van der Waals surface area contributed by atoms with Gasteiger partial charge in [0.25, 0.3) is 0 Å². The lowest BCUT2D eigenvalue weighted by molar-refractivity contribution is -0.131. The first-order chi connectivity index (χ1) is 6.70. The van der Waals surface area contributed by atoms with Gasteiger partial charge in [0.1, 0.15) is 5.75 Å². The number of rotatable bonds is 2. The lowest BCUT2D eigenvalue weighted by Crippen LogP contribution is -2.00. The maximum absolute atomic E-state index is 11.0. The molecule has 0 radical (unpaired) electrons.